The predicted molar refractivity (Wildman–Crippen MR) is 253 cm³/mol. The van der Waals surface area contributed by atoms with E-state index in [1.165, 1.54) is 75.0 Å². The van der Waals surface area contributed by atoms with Gasteiger partial charge in [-0.05, 0) is 87.2 Å². The second-order valence-electron chi connectivity index (χ2n) is 22.5. The molecule has 0 saturated carbocycles. The first kappa shape index (κ1) is 56.3. The molecule has 7 aliphatic rings. The van der Waals surface area contributed by atoms with Crippen molar-refractivity contribution in [1.29, 1.82) is 0 Å². The van der Waals surface area contributed by atoms with Crippen LogP contribution in [0.3, 0.4) is 0 Å². The number of quaternary nitrogens is 1. The summed E-state index contributed by atoms with van der Waals surface area (Å²) < 4.78 is 67.9. The van der Waals surface area contributed by atoms with Crippen LogP contribution in [0.5, 0.6) is 11.5 Å². The number of aliphatic hydroxyl groups excluding tert-OH is 3. The van der Waals surface area contributed by atoms with Crippen molar-refractivity contribution in [3.63, 3.8) is 0 Å². The maximum atomic E-state index is 15.3. The number of phenolic OH excluding ortho intramolecular Hbond substituents is 1. The van der Waals surface area contributed by atoms with Gasteiger partial charge in [0.25, 0.3) is 0 Å². The fraction of sp³-hybridized carbons (Fsp3) is 0.725. The first-order chi connectivity index (χ1) is 34.9. The fourth-order valence-electron chi connectivity index (χ4n) is 12.9. The Morgan fingerprint density at radius 1 is 0.733 bits per heavy atom. The molecule has 23 atom stereocenters. The predicted octanol–water partition coefficient (Wildman–Crippen LogP) is -1.02. The van der Waals surface area contributed by atoms with E-state index in [1.807, 2.05) is 0 Å². The highest BCUT2D eigenvalue weighted by Crippen LogP contribution is 2.55. The molecule has 1 unspecified atom stereocenters. The molecule has 0 amide bonds. The topological polar surface area (TPSA) is 328 Å². The number of likely N-dealkylation sites (N-methyl/N-ethyl adjacent to an activating group) is 1. The third kappa shape index (κ3) is 8.59. The minimum atomic E-state index is -1.90. The average molecular weight is 1070 g/mol. The molecule has 0 spiro atoms. The van der Waals surface area contributed by atoms with Crippen molar-refractivity contribution in [2.75, 3.05) is 35.4 Å². The largest absolute Gasteiger partial charge is 0.600 e. The zero-order chi connectivity index (χ0) is 55.1. The normalized spacial score (nSPS) is 45.8. The van der Waals surface area contributed by atoms with E-state index in [0.717, 1.165) is 0 Å². The molecule has 2 aliphatic carbocycles. The maximum absolute atomic E-state index is 15.3. The molecule has 4 saturated heterocycles. The molecular formula is C51H72N2O22. The molecule has 75 heavy (non-hydrogen) atoms. The van der Waals surface area contributed by atoms with Crippen molar-refractivity contribution >= 4 is 11.6 Å². The number of aromatic hydroxyl groups is 1. The standard InChI is InChI=1S/C51H72N2O22/c1-19-37(58)49(6,61)42(66-12)45(69-19)73-36-27-22(17-48(5,60)41(36)65-11)16-24-28(32(27)55)33(56)29-23(31(24)54)14-15-25-35(29)72-44-34(57)30(52(9)10)40(51(25,8)75-44)71-26-18-47(4,53(63)64)39(21(3)68-26)74-46-43(67-13)50(7,62)38(59)20(2)70-46/h14-16,19-21,26,30,34,36-46,53,55,57-63H,17-18H2,1-13H3/t19-,20-,21+,26+,30-,34-,36+,37-,38-,39-,40-,41+,42+,43+,44-,45+,46+,47+,48+,49+,50-,51-/m0/s1. The summed E-state index contributed by atoms with van der Waals surface area (Å²) in [6, 6.07) is 3.44. The number of carbonyl (C=O) groups excluding carboxylic acids is 2. The van der Waals surface area contributed by atoms with Gasteiger partial charge in [0.05, 0.1) is 47.5 Å². The number of methoxy groups -OCH3 is 3. The van der Waals surface area contributed by atoms with E-state index in [2.05, 4.69) is 0 Å². The molecule has 5 aliphatic heterocycles. The van der Waals surface area contributed by atoms with Crippen LogP contribution in [-0.2, 0) is 59.4 Å². The van der Waals surface area contributed by atoms with Crippen LogP contribution in [0.4, 0.5) is 0 Å². The summed E-state index contributed by atoms with van der Waals surface area (Å²) in [7, 11) is 7.28. The van der Waals surface area contributed by atoms with Gasteiger partial charge >= 0.3 is 0 Å². The number of hydrogen-bond donors (Lipinski definition) is 9. The lowest BCUT2D eigenvalue weighted by molar-refractivity contribution is -1.09. The number of nitrogens with one attached hydrogen (secondary N) is 1. The van der Waals surface area contributed by atoms with Gasteiger partial charge in [0.2, 0.25) is 12.1 Å². The molecule has 2 aromatic rings. The number of benzene rings is 2. The van der Waals surface area contributed by atoms with Crippen molar-refractivity contribution in [2.24, 2.45) is 0 Å². The van der Waals surface area contributed by atoms with Gasteiger partial charge in [-0.3, -0.25) is 9.59 Å². The van der Waals surface area contributed by atoms with Gasteiger partial charge < -0.3 is 98.0 Å². The lowest BCUT2D eigenvalue weighted by atomic mass is 9.71. The molecule has 418 valence electrons. The van der Waals surface area contributed by atoms with Gasteiger partial charge in [0.1, 0.15) is 83.2 Å². The monoisotopic (exact) mass is 1060 g/mol. The van der Waals surface area contributed by atoms with Crippen molar-refractivity contribution in [2.45, 2.75) is 201 Å². The Morgan fingerprint density at radius 3 is 1.85 bits per heavy atom. The minimum Gasteiger partial charge on any atom is -0.600 e. The Bertz CT molecular complexity index is 2540. The molecule has 0 aromatic heterocycles. The quantitative estimate of drug-likeness (QED) is 0.104. The number of carbonyl (C=O) groups is 2. The summed E-state index contributed by atoms with van der Waals surface area (Å²) >= 11 is 0. The van der Waals surface area contributed by atoms with E-state index in [1.54, 1.807) is 38.9 Å². The van der Waals surface area contributed by atoms with Crippen LogP contribution in [0.1, 0.15) is 116 Å². The van der Waals surface area contributed by atoms with E-state index < -0.39 is 160 Å². The molecule has 2 bridgehead atoms. The second-order valence-corrected chi connectivity index (χ2v) is 22.5. The zero-order valence-electron chi connectivity index (χ0n) is 44.2. The first-order valence-corrected chi connectivity index (χ1v) is 25.0. The van der Waals surface area contributed by atoms with Crippen LogP contribution in [0, 0.1) is 5.21 Å². The maximum Gasteiger partial charge on any atom is 0.228 e. The van der Waals surface area contributed by atoms with Gasteiger partial charge in [-0.25, -0.2) is 10.4 Å². The van der Waals surface area contributed by atoms with Gasteiger partial charge in [0.15, 0.2) is 30.2 Å². The lowest BCUT2D eigenvalue weighted by Crippen LogP contribution is -3.16. The van der Waals surface area contributed by atoms with Crippen LogP contribution in [-0.4, -0.2) is 214 Å². The molecule has 9 N–H and O–H groups in total. The fourth-order valence-corrected chi connectivity index (χ4v) is 12.9. The lowest BCUT2D eigenvalue weighted by Gasteiger charge is -2.57. The third-order valence-electron chi connectivity index (χ3n) is 17.0. The summed E-state index contributed by atoms with van der Waals surface area (Å²) in [5.41, 5.74) is -9.36. The van der Waals surface area contributed by atoms with E-state index in [9.17, 15) is 51.0 Å². The van der Waals surface area contributed by atoms with Gasteiger partial charge in [-0.1, -0.05) is 6.07 Å². The van der Waals surface area contributed by atoms with Crippen molar-refractivity contribution in [3.05, 3.63) is 62.4 Å². The van der Waals surface area contributed by atoms with Crippen LogP contribution < -0.4 is 9.96 Å². The Morgan fingerprint density at radius 2 is 1.31 bits per heavy atom. The number of rotatable bonds is 11. The average Bonchev–Trinajstić information content (AvgIpc) is 3.31. The van der Waals surface area contributed by atoms with E-state index in [4.69, 9.17) is 52.1 Å². The molecule has 5 heterocycles. The number of fused-ring (bicyclic) bond motifs is 8. The molecule has 24 nitrogen and oxygen atoms in total. The molecule has 4 fully saturated rings. The highest BCUT2D eigenvalue weighted by atomic mass is 16.8. The number of nitrogens with zero attached hydrogens (tertiary/aromatic N) is 1. The number of hydrogen-bond acceptors (Lipinski definition) is 23. The summed E-state index contributed by atoms with van der Waals surface area (Å²) in [6.07, 6.45) is -20.9. The van der Waals surface area contributed by atoms with Crippen LogP contribution in [0.2, 0.25) is 0 Å². The van der Waals surface area contributed by atoms with Crippen LogP contribution >= 0.6 is 0 Å². The summed E-state index contributed by atoms with van der Waals surface area (Å²) in [5.74, 6) is -2.33. The van der Waals surface area contributed by atoms with Crippen LogP contribution in [0.15, 0.2) is 18.2 Å². The number of ketones is 2. The number of phenols is 1. The number of aliphatic hydroxyl groups is 6. The SMILES string of the molecule is CO[C@@H]1[C@@H](O[C@@H]2c3c(cc4c(c3O)C(=O)c3c(ccc5c3O[C@H]3O[C@]5(C)[C@@H](O[C@@H]5C[C@@](C)([NH+]([O-])O)[C@@H](O[C@H]6O[C@@H](C)[C@H](O)[C@](C)(O)[C@@H]6OC)[C@@H](C)O5)[C@@H](N(C)C)[C@@H]3O)C4=O)C[C@@](C)(O)[C@@H]2OC)O[C@@H](C)[C@H](O)[C@@]1(C)O. The Balaban J connectivity index is 1.08. The smallest absolute Gasteiger partial charge is 0.228 e. The zero-order valence-corrected chi connectivity index (χ0v) is 44.2. The minimum absolute atomic E-state index is 0.0168. The van der Waals surface area contributed by atoms with E-state index in [0.29, 0.717) is 0 Å². The van der Waals surface area contributed by atoms with Gasteiger partial charge in [-0.2, -0.15) is 0 Å². The summed E-state index contributed by atoms with van der Waals surface area (Å²) in [6.45, 7) is 11.9. The summed E-state index contributed by atoms with van der Waals surface area (Å²) in [4.78, 5) is 31.8. The van der Waals surface area contributed by atoms with Crippen molar-refractivity contribution in [3.8, 4) is 11.5 Å². The second kappa shape index (κ2) is 19.4. The van der Waals surface area contributed by atoms with Gasteiger partial charge in [-0.15, -0.1) is 0 Å². The molecular weight excluding hydrogens is 993 g/mol. The van der Waals surface area contributed by atoms with E-state index >= 15 is 4.79 Å². The summed E-state index contributed by atoms with van der Waals surface area (Å²) in [5, 5.41) is 104. The Hall–Kier alpha value is -3.42. The highest BCUT2D eigenvalue weighted by Gasteiger charge is 2.64. The molecule has 24 heteroatoms. The number of hydroxylamine groups is 2. The van der Waals surface area contributed by atoms with Crippen molar-refractivity contribution < 1.29 is 108 Å². The van der Waals surface area contributed by atoms with Crippen molar-refractivity contribution in [1.82, 2.24) is 4.90 Å². The van der Waals surface area contributed by atoms with Gasteiger partial charge in [0, 0.05) is 50.0 Å². The Kier molecular flexibility index (Phi) is 14.6. The third-order valence-corrected chi connectivity index (χ3v) is 17.0. The Labute approximate surface area is 433 Å². The molecule has 9 rings (SSSR count). The highest BCUT2D eigenvalue weighted by molar-refractivity contribution is 6.30. The number of ether oxygens (including phenoxy) is 11. The van der Waals surface area contributed by atoms with E-state index in [-0.39, 0.29) is 52.0 Å². The first-order valence-electron chi connectivity index (χ1n) is 25.0. The van der Waals surface area contributed by atoms with Crippen LogP contribution in [0.25, 0.3) is 0 Å². The molecule has 0 radical (unpaired) electrons. The molecule has 2 aromatic carbocycles.